The van der Waals surface area contributed by atoms with Crippen LogP contribution in [0.3, 0.4) is 0 Å². The van der Waals surface area contributed by atoms with E-state index in [-0.39, 0.29) is 13.0 Å². The molecule has 0 aliphatic heterocycles. The van der Waals surface area contributed by atoms with Gasteiger partial charge in [0.1, 0.15) is 0 Å². The van der Waals surface area contributed by atoms with Crippen LogP contribution in [0.25, 0.3) is 0 Å². The molecular weight excluding hydrogens is 286 g/mol. The molecule has 0 atom stereocenters. The molecule has 0 fully saturated rings. The second-order valence-electron chi connectivity index (χ2n) is 4.03. The van der Waals surface area contributed by atoms with Gasteiger partial charge in [-0.15, -0.1) is 11.8 Å². The zero-order valence-electron chi connectivity index (χ0n) is 11.2. The van der Waals surface area contributed by atoms with Crippen LogP contribution < -0.4 is 0 Å². The number of hydrogen-bond acceptors (Lipinski definition) is 4. The highest BCUT2D eigenvalue weighted by Crippen LogP contribution is 2.21. The van der Waals surface area contributed by atoms with Crippen LogP contribution in [0.2, 0.25) is 0 Å². The summed E-state index contributed by atoms with van der Waals surface area (Å²) in [5, 5.41) is 0. The Morgan fingerprint density at radius 1 is 1.20 bits per heavy atom. The van der Waals surface area contributed by atoms with Crippen molar-refractivity contribution >= 4 is 23.5 Å². The average molecular weight is 302 g/mol. The molecule has 0 spiro atoms. The van der Waals surface area contributed by atoms with Gasteiger partial charge in [-0.2, -0.15) is 0 Å². The lowest BCUT2D eigenvalue weighted by Crippen LogP contribution is -2.16. The number of unbranched alkanes of at least 4 members (excludes halogenated alkanes) is 1. The quantitative estimate of drug-likeness (QED) is 0.320. The summed E-state index contributed by atoms with van der Waals surface area (Å²) < 4.78 is 30.2. The zero-order valence-corrected chi connectivity index (χ0v) is 12.0. The van der Waals surface area contributed by atoms with Crippen molar-refractivity contribution in [2.75, 3.05) is 12.4 Å². The Kier molecular flexibility index (Phi) is 7.22. The van der Waals surface area contributed by atoms with Crippen molar-refractivity contribution in [2.45, 2.75) is 31.1 Å². The predicted molar refractivity (Wildman–Crippen MR) is 72.6 cm³/mol. The van der Waals surface area contributed by atoms with E-state index in [0.29, 0.717) is 23.5 Å². The zero-order chi connectivity index (χ0) is 15.0. The maximum absolute atomic E-state index is 12.9. The van der Waals surface area contributed by atoms with Gasteiger partial charge < -0.3 is 4.74 Å². The topological polar surface area (TPSA) is 43.4 Å². The third kappa shape index (κ3) is 5.69. The predicted octanol–water partition coefficient (Wildman–Crippen LogP) is 3.36. The number of ketones is 1. The number of halogens is 2. The van der Waals surface area contributed by atoms with Crippen molar-refractivity contribution in [3.63, 3.8) is 0 Å². The standard InChI is InChI=1S/C14H16F2O3S/c1-2-19-14(18)13(17)5-3-4-8-20-10-6-7-11(15)12(16)9-10/h6-7,9H,2-5,8H2,1H3. The minimum atomic E-state index is -0.868. The summed E-state index contributed by atoms with van der Waals surface area (Å²) in [6.07, 6.45) is 1.42. The summed E-state index contributed by atoms with van der Waals surface area (Å²) in [4.78, 5) is 23.0. The second-order valence-corrected chi connectivity index (χ2v) is 5.19. The third-order valence-corrected chi connectivity index (χ3v) is 3.54. The Morgan fingerprint density at radius 3 is 2.60 bits per heavy atom. The molecule has 0 bridgehead atoms. The molecule has 0 saturated carbocycles. The second kappa shape index (κ2) is 8.68. The largest absolute Gasteiger partial charge is 0.460 e. The Morgan fingerprint density at radius 2 is 1.95 bits per heavy atom. The van der Waals surface area contributed by atoms with Crippen LogP contribution in [0, 0.1) is 11.6 Å². The van der Waals surface area contributed by atoms with Crippen molar-refractivity contribution in [1.29, 1.82) is 0 Å². The lowest BCUT2D eigenvalue weighted by atomic mass is 10.2. The molecule has 3 nitrogen and oxygen atoms in total. The normalized spacial score (nSPS) is 10.3. The monoisotopic (exact) mass is 302 g/mol. The SMILES string of the molecule is CCOC(=O)C(=O)CCCCSc1ccc(F)c(F)c1. The lowest BCUT2D eigenvalue weighted by Gasteiger charge is -2.03. The molecule has 1 aromatic rings. The molecule has 0 aliphatic rings. The van der Waals surface area contributed by atoms with Gasteiger partial charge in [0, 0.05) is 11.3 Å². The number of thioether (sulfide) groups is 1. The number of carbonyl (C=O) groups excluding carboxylic acids is 2. The van der Waals surface area contributed by atoms with E-state index in [0.717, 1.165) is 12.1 Å². The summed E-state index contributed by atoms with van der Waals surface area (Å²) in [5.74, 6) is -2.38. The van der Waals surface area contributed by atoms with E-state index in [1.165, 1.54) is 17.8 Å². The summed E-state index contributed by atoms with van der Waals surface area (Å²) in [6, 6.07) is 3.73. The molecule has 20 heavy (non-hydrogen) atoms. The fraction of sp³-hybridized carbons (Fsp3) is 0.429. The van der Waals surface area contributed by atoms with E-state index >= 15 is 0 Å². The van der Waals surface area contributed by atoms with Crippen molar-refractivity contribution in [2.24, 2.45) is 0 Å². The molecular formula is C14H16F2O3S. The minimum absolute atomic E-state index is 0.150. The Labute approximate surface area is 120 Å². The maximum Gasteiger partial charge on any atom is 0.374 e. The molecule has 0 radical (unpaired) electrons. The van der Waals surface area contributed by atoms with Gasteiger partial charge in [0.25, 0.3) is 0 Å². The lowest BCUT2D eigenvalue weighted by molar-refractivity contribution is -0.153. The van der Waals surface area contributed by atoms with Crippen LogP contribution >= 0.6 is 11.8 Å². The molecule has 0 heterocycles. The molecule has 0 N–H and O–H groups in total. The van der Waals surface area contributed by atoms with Crippen molar-refractivity contribution in [1.82, 2.24) is 0 Å². The highest BCUT2D eigenvalue weighted by atomic mass is 32.2. The molecule has 0 saturated heterocycles. The number of carbonyl (C=O) groups is 2. The molecule has 1 aromatic carbocycles. The van der Waals surface area contributed by atoms with Crippen LogP contribution in [0.4, 0.5) is 8.78 Å². The molecule has 0 unspecified atom stereocenters. The summed E-state index contributed by atoms with van der Waals surface area (Å²) >= 11 is 1.38. The van der Waals surface area contributed by atoms with Crippen LogP contribution in [0.5, 0.6) is 0 Å². The van der Waals surface area contributed by atoms with Gasteiger partial charge in [-0.1, -0.05) is 0 Å². The highest BCUT2D eigenvalue weighted by molar-refractivity contribution is 7.99. The van der Waals surface area contributed by atoms with Gasteiger partial charge in [-0.3, -0.25) is 4.79 Å². The fourth-order valence-corrected chi connectivity index (χ4v) is 2.39. The first-order chi connectivity index (χ1) is 9.54. The third-order valence-electron chi connectivity index (χ3n) is 2.46. The van der Waals surface area contributed by atoms with E-state index in [1.807, 2.05) is 0 Å². The fourth-order valence-electron chi connectivity index (χ4n) is 1.46. The van der Waals surface area contributed by atoms with E-state index in [4.69, 9.17) is 0 Å². The first-order valence-corrected chi connectivity index (χ1v) is 7.31. The van der Waals surface area contributed by atoms with Crippen LogP contribution in [-0.2, 0) is 14.3 Å². The Bertz CT molecular complexity index is 477. The van der Waals surface area contributed by atoms with E-state index in [1.54, 1.807) is 6.92 Å². The Hall–Kier alpha value is -1.43. The highest BCUT2D eigenvalue weighted by Gasteiger charge is 2.13. The number of benzene rings is 1. The molecule has 6 heteroatoms. The first-order valence-electron chi connectivity index (χ1n) is 6.32. The van der Waals surface area contributed by atoms with Gasteiger partial charge >= 0.3 is 5.97 Å². The van der Waals surface area contributed by atoms with Gasteiger partial charge in [0.2, 0.25) is 5.78 Å². The van der Waals surface area contributed by atoms with Gasteiger partial charge in [-0.25, -0.2) is 13.6 Å². The maximum atomic E-state index is 12.9. The number of rotatable bonds is 8. The summed E-state index contributed by atoms with van der Waals surface area (Å²) in [6.45, 7) is 1.83. The first kappa shape index (κ1) is 16.6. The molecule has 110 valence electrons. The Balaban J connectivity index is 2.20. The number of esters is 1. The minimum Gasteiger partial charge on any atom is -0.460 e. The van der Waals surface area contributed by atoms with Gasteiger partial charge in [0.15, 0.2) is 11.6 Å². The van der Waals surface area contributed by atoms with Crippen molar-refractivity contribution < 1.29 is 23.1 Å². The van der Waals surface area contributed by atoms with Crippen molar-refractivity contribution in [3.8, 4) is 0 Å². The molecule has 0 aliphatic carbocycles. The van der Waals surface area contributed by atoms with Gasteiger partial charge in [0.05, 0.1) is 6.61 Å². The van der Waals surface area contributed by atoms with Gasteiger partial charge in [-0.05, 0) is 43.7 Å². The summed E-state index contributed by atoms with van der Waals surface area (Å²) in [5.41, 5.74) is 0. The smallest absolute Gasteiger partial charge is 0.374 e. The molecule has 1 rings (SSSR count). The molecule has 0 aromatic heterocycles. The molecule has 0 amide bonds. The van der Waals surface area contributed by atoms with E-state index < -0.39 is 23.4 Å². The van der Waals surface area contributed by atoms with Crippen LogP contribution in [0.1, 0.15) is 26.2 Å². The average Bonchev–Trinajstić information content (AvgIpc) is 2.42. The van der Waals surface area contributed by atoms with Crippen LogP contribution in [0.15, 0.2) is 23.1 Å². The van der Waals surface area contributed by atoms with Crippen molar-refractivity contribution in [3.05, 3.63) is 29.8 Å². The van der Waals surface area contributed by atoms with Crippen LogP contribution in [-0.4, -0.2) is 24.1 Å². The van der Waals surface area contributed by atoms with E-state index in [2.05, 4.69) is 4.74 Å². The number of hydrogen-bond donors (Lipinski definition) is 0. The summed E-state index contributed by atoms with van der Waals surface area (Å²) in [7, 11) is 0. The van der Waals surface area contributed by atoms with E-state index in [9.17, 15) is 18.4 Å². The number of ether oxygens (including phenoxy) is 1. The number of Topliss-reactive ketones (excluding diaryl/α,β-unsaturated/α-hetero) is 1.